The molecule has 150 valence electrons. The predicted octanol–water partition coefficient (Wildman–Crippen LogP) is 4.09. The summed E-state index contributed by atoms with van der Waals surface area (Å²) in [6.45, 7) is 3.55. The van der Waals surface area contributed by atoms with Crippen molar-refractivity contribution in [2.75, 3.05) is 20.2 Å². The lowest BCUT2D eigenvalue weighted by Gasteiger charge is -2.14. The molecule has 0 radical (unpaired) electrons. The summed E-state index contributed by atoms with van der Waals surface area (Å²) in [5.41, 5.74) is 1.38. The first-order chi connectivity index (χ1) is 12.5. The Balaban J connectivity index is 0.00000364. The quantitative estimate of drug-likeness (QED) is 0.275. The van der Waals surface area contributed by atoms with Gasteiger partial charge in [-0.1, -0.05) is 17.7 Å². The number of aliphatic hydroxyl groups is 1. The summed E-state index contributed by atoms with van der Waals surface area (Å²) in [6, 6.07) is 8.43. The number of halogens is 3. The van der Waals surface area contributed by atoms with Crippen molar-refractivity contribution in [2.45, 2.75) is 26.2 Å². The minimum absolute atomic E-state index is 0. The smallest absolute Gasteiger partial charge is 0.191 e. The fraction of sp³-hybridized carbons (Fsp3) is 0.389. The lowest BCUT2D eigenvalue weighted by molar-refractivity contribution is 0.181. The Kier molecular flexibility index (Phi) is 11.2. The third-order valence-corrected chi connectivity index (χ3v) is 4.89. The number of ether oxygens (including phenoxy) is 1. The van der Waals surface area contributed by atoms with Gasteiger partial charge in [-0.25, -0.2) is 9.38 Å². The molecule has 3 N–H and O–H groups in total. The van der Waals surface area contributed by atoms with Gasteiger partial charge in [0, 0.05) is 30.6 Å². The molecule has 0 amide bonds. The van der Waals surface area contributed by atoms with Gasteiger partial charge in [0.25, 0.3) is 0 Å². The predicted molar refractivity (Wildman–Crippen MR) is 120 cm³/mol. The zero-order valence-corrected chi connectivity index (χ0v) is 19.1. The molecule has 5 nitrogen and oxygen atoms in total. The van der Waals surface area contributed by atoms with E-state index in [9.17, 15) is 9.50 Å². The van der Waals surface area contributed by atoms with E-state index >= 15 is 0 Å². The van der Waals surface area contributed by atoms with Gasteiger partial charge in [0.15, 0.2) is 5.96 Å². The summed E-state index contributed by atoms with van der Waals surface area (Å²) in [6.07, 6.45) is -0.671. The Labute approximate surface area is 185 Å². The molecule has 1 aromatic carbocycles. The summed E-state index contributed by atoms with van der Waals surface area (Å²) in [7, 11) is 1.53. The topological polar surface area (TPSA) is 65.9 Å². The molecule has 0 aliphatic heterocycles. The van der Waals surface area contributed by atoms with Gasteiger partial charge in [-0.15, -0.1) is 35.3 Å². The highest BCUT2D eigenvalue weighted by molar-refractivity contribution is 14.0. The number of benzene rings is 1. The molecule has 0 fully saturated rings. The summed E-state index contributed by atoms with van der Waals surface area (Å²) < 4.78 is 19.3. The number of hydrogen-bond acceptors (Lipinski definition) is 4. The van der Waals surface area contributed by atoms with Gasteiger partial charge in [0.1, 0.15) is 11.9 Å². The van der Waals surface area contributed by atoms with E-state index in [-0.39, 0.29) is 36.4 Å². The number of thiophene rings is 1. The summed E-state index contributed by atoms with van der Waals surface area (Å²) in [5, 5.41) is 16.4. The third-order valence-electron chi connectivity index (χ3n) is 3.56. The molecule has 1 heterocycles. The van der Waals surface area contributed by atoms with Crippen LogP contribution < -0.4 is 10.6 Å². The van der Waals surface area contributed by atoms with Crippen molar-refractivity contribution in [3.8, 4) is 0 Å². The van der Waals surface area contributed by atoms with Gasteiger partial charge in [-0.05, 0) is 36.8 Å². The molecule has 1 unspecified atom stereocenters. The molecule has 0 saturated carbocycles. The van der Waals surface area contributed by atoms with Crippen LogP contribution in [0.2, 0.25) is 4.34 Å². The average Bonchev–Trinajstić information content (AvgIpc) is 3.06. The standard InChI is InChI=1S/C18H23ClFN3O2S.HI/c1-3-21-18(23-10-15(24)16-6-7-17(19)26-16)22-9-12-4-5-14(20)13(8-12)11-25-2;/h4-8,15,24H,3,9-11H2,1-2H3,(H2,21,22,23);1H. The molecule has 0 spiro atoms. The molecule has 9 heteroatoms. The largest absolute Gasteiger partial charge is 0.386 e. The maximum atomic E-state index is 13.7. The first kappa shape index (κ1) is 24.1. The number of nitrogens with one attached hydrogen (secondary N) is 2. The first-order valence-electron chi connectivity index (χ1n) is 8.25. The Morgan fingerprint density at radius 2 is 2.11 bits per heavy atom. The number of rotatable bonds is 8. The zero-order valence-electron chi connectivity index (χ0n) is 15.2. The van der Waals surface area contributed by atoms with Crippen LogP contribution in [0.25, 0.3) is 0 Å². The SMILES string of the molecule is CCNC(=NCc1ccc(F)c(COC)c1)NCC(O)c1ccc(Cl)s1.I. The monoisotopic (exact) mass is 527 g/mol. The average molecular weight is 528 g/mol. The van der Waals surface area contributed by atoms with Crippen LogP contribution in [-0.4, -0.2) is 31.3 Å². The Morgan fingerprint density at radius 3 is 2.74 bits per heavy atom. The molecule has 0 aliphatic carbocycles. The van der Waals surface area contributed by atoms with Gasteiger partial charge in [-0.2, -0.15) is 0 Å². The van der Waals surface area contributed by atoms with Crippen molar-refractivity contribution in [1.82, 2.24) is 10.6 Å². The molecule has 1 aromatic heterocycles. The molecule has 2 aromatic rings. The molecular weight excluding hydrogens is 504 g/mol. The number of aliphatic imine (C=N–C) groups is 1. The minimum Gasteiger partial charge on any atom is -0.386 e. The first-order valence-corrected chi connectivity index (χ1v) is 9.44. The molecule has 2 rings (SSSR count). The lowest BCUT2D eigenvalue weighted by Crippen LogP contribution is -2.39. The molecule has 0 saturated heterocycles. The number of hydrogen-bond donors (Lipinski definition) is 3. The van der Waals surface area contributed by atoms with Crippen LogP contribution in [0, 0.1) is 5.82 Å². The van der Waals surface area contributed by atoms with Crippen LogP contribution in [0.5, 0.6) is 0 Å². The van der Waals surface area contributed by atoms with Gasteiger partial charge in [0.2, 0.25) is 0 Å². The van der Waals surface area contributed by atoms with E-state index in [4.69, 9.17) is 16.3 Å². The second kappa shape index (κ2) is 12.5. The van der Waals surface area contributed by atoms with Crippen molar-refractivity contribution in [3.63, 3.8) is 0 Å². The molecule has 1 atom stereocenters. The van der Waals surface area contributed by atoms with Crippen LogP contribution in [0.4, 0.5) is 4.39 Å². The number of aliphatic hydroxyl groups excluding tert-OH is 1. The van der Waals surface area contributed by atoms with Crippen molar-refractivity contribution in [1.29, 1.82) is 0 Å². The lowest BCUT2D eigenvalue weighted by atomic mass is 10.1. The molecule has 27 heavy (non-hydrogen) atoms. The second-order valence-corrected chi connectivity index (χ2v) is 7.34. The maximum absolute atomic E-state index is 13.7. The highest BCUT2D eigenvalue weighted by atomic mass is 127. The van der Waals surface area contributed by atoms with Crippen LogP contribution in [-0.2, 0) is 17.9 Å². The van der Waals surface area contributed by atoms with Gasteiger partial charge in [0.05, 0.1) is 17.5 Å². The van der Waals surface area contributed by atoms with Gasteiger partial charge < -0.3 is 20.5 Å². The highest BCUT2D eigenvalue weighted by Gasteiger charge is 2.11. The van der Waals surface area contributed by atoms with Crippen molar-refractivity contribution >= 4 is 52.9 Å². The molecular formula is C18H24ClFIN3O2S. The fourth-order valence-corrected chi connectivity index (χ4v) is 3.35. The normalized spacial score (nSPS) is 12.4. The van der Waals surface area contributed by atoms with Crippen LogP contribution in [0.3, 0.4) is 0 Å². The van der Waals surface area contributed by atoms with E-state index < -0.39 is 6.10 Å². The summed E-state index contributed by atoms with van der Waals surface area (Å²) in [4.78, 5) is 5.28. The third kappa shape index (κ3) is 7.90. The van der Waals surface area contributed by atoms with E-state index in [1.165, 1.54) is 24.5 Å². The van der Waals surface area contributed by atoms with E-state index in [0.29, 0.717) is 35.5 Å². The molecule has 0 bridgehead atoms. The zero-order chi connectivity index (χ0) is 18.9. The molecule has 0 aliphatic rings. The van der Waals surface area contributed by atoms with Gasteiger partial charge in [-0.3, -0.25) is 0 Å². The number of methoxy groups -OCH3 is 1. The Morgan fingerprint density at radius 1 is 1.33 bits per heavy atom. The highest BCUT2D eigenvalue weighted by Crippen LogP contribution is 2.26. The van der Waals surface area contributed by atoms with Crippen molar-refractivity contribution < 1.29 is 14.2 Å². The van der Waals surface area contributed by atoms with Gasteiger partial charge >= 0.3 is 0 Å². The van der Waals surface area contributed by atoms with E-state index in [0.717, 1.165) is 10.4 Å². The van der Waals surface area contributed by atoms with Crippen molar-refractivity contribution in [2.24, 2.45) is 4.99 Å². The van der Waals surface area contributed by atoms with Crippen LogP contribution >= 0.6 is 46.9 Å². The summed E-state index contributed by atoms with van der Waals surface area (Å²) >= 11 is 7.24. The van der Waals surface area contributed by atoms with E-state index in [2.05, 4.69) is 15.6 Å². The van der Waals surface area contributed by atoms with E-state index in [1.54, 1.807) is 24.3 Å². The van der Waals surface area contributed by atoms with E-state index in [1.807, 2.05) is 6.92 Å². The number of nitrogens with zero attached hydrogens (tertiary/aromatic N) is 1. The van der Waals surface area contributed by atoms with Crippen molar-refractivity contribution in [3.05, 3.63) is 56.5 Å². The number of guanidine groups is 1. The fourth-order valence-electron chi connectivity index (χ4n) is 2.31. The Hall–Kier alpha value is -0.940. The Bertz CT molecular complexity index is 745. The van der Waals surface area contributed by atoms with Crippen LogP contribution in [0.1, 0.15) is 29.0 Å². The van der Waals surface area contributed by atoms with Crippen LogP contribution in [0.15, 0.2) is 35.3 Å². The maximum Gasteiger partial charge on any atom is 0.191 e. The second-order valence-electron chi connectivity index (χ2n) is 5.59. The summed E-state index contributed by atoms with van der Waals surface area (Å²) in [5.74, 6) is 0.286. The minimum atomic E-state index is -0.671.